The van der Waals surface area contributed by atoms with Gasteiger partial charge in [-0.2, -0.15) is 0 Å². The molecule has 94 valence electrons. The van der Waals surface area contributed by atoms with Gasteiger partial charge in [0.25, 0.3) is 0 Å². The van der Waals surface area contributed by atoms with Gasteiger partial charge in [-0.25, -0.2) is 0 Å². The second-order valence-corrected chi connectivity index (χ2v) is 5.09. The van der Waals surface area contributed by atoms with E-state index in [2.05, 4.69) is 49.2 Å². The van der Waals surface area contributed by atoms with Gasteiger partial charge in [-0.3, -0.25) is 0 Å². The first-order chi connectivity index (χ1) is 8.08. The lowest BCUT2D eigenvalue weighted by Gasteiger charge is -2.28. The zero-order valence-electron chi connectivity index (χ0n) is 10.9. The highest BCUT2D eigenvalue weighted by molar-refractivity contribution is 5.56. The monoisotopic (exact) mass is 234 g/mol. The number of aryl methyl sites for hydroxylation is 1. The number of nitrogens with zero attached hydrogens (tertiary/aromatic N) is 1. The van der Waals surface area contributed by atoms with E-state index in [0.717, 1.165) is 6.54 Å². The van der Waals surface area contributed by atoms with E-state index in [1.807, 2.05) is 0 Å². The van der Waals surface area contributed by atoms with Crippen LogP contribution in [0.15, 0.2) is 18.2 Å². The van der Waals surface area contributed by atoms with Crippen molar-refractivity contribution in [2.45, 2.75) is 32.9 Å². The Kier molecular flexibility index (Phi) is 3.69. The Morgan fingerprint density at radius 3 is 2.82 bits per heavy atom. The molecule has 1 fully saturated rings. The van der Waals surface area contributed by atoms with E-state index in [4.69, 9.17) is 0 Å². The van der Waals surface area contributed by atoms with E-state index in [1.165, 1.54) is 16.8 Å². The van der Waals surface area contributed by atoms with Crippen LogP contribution in [-0.4, -0.2) is 36.9 Å². The molecule has 2 unspecified atom stereocenters. The first-order valence-corrected chi connectivity index (χ1v) is 6.30. The van der Waals surface area contributed by atoms with Crippen LogP contribution in [0.2, 0.25) is 0 Å². The number of aliphatic hydroxyl groups is 1. The zero-order valence-corrected chi connectivity index (χ0v) is 10.9. The average molecular weight is 234 g/mol. The molecule has 2 N–H and O–H groups in total. The fraction of sp³-hybridized carbons (Fsp3) is 0.571. The van der Waals surface area contributed by atoms with Crippen molar-refractivity contribution >= 4 is 5.69 Å². The SMILES string of the molecule is Cc1cccc(N2CC(O)CNC(C)C2)c1C. The number of benzene rings is 1. The van der Waals surface area contributed by atoms with Gasteiger partial charge in [-0.05, 0) is 38.0 Å². The van der Waals surface area contributed by atoms with Crippen molar-refractivity contribution < 1.29 is 5.11 Å². The van der Waals surface area contributed by atoms with Gasteiger partial charge in [0.15, 0.2) is 0 Å². The molecule has 0 amide bonds. The fourth-order valence-corrected chi connectivity index (χ4v) is 2.40. The Balaban J connectivity index is 2.27. The quantitative estimate of drug-likeness (QED) is 0.772. The van der Waals surface area contributed by atoms with E-state index in [0.29, 0.717) is 19.1 Å². The van der Waals surface area contributed by atoms with Crippen molar-refractivity contribution in [1.82, 2.24) is 5.32 Å². The number of aliphatic hydroxyl groups excluding tert-OH is 1. The highest BCUT2D eigenvalue weighted by Gasteiger charge is 2.21. The Morgan fingerprint density at radius 1 is 1.29 bits per heavy atom. The molecule has 1 saturated heterocycles. The van der Waals surface area contributed by atoms with Gasteiger partial charge >= 0.3 is 0 Å². The molecule has 0 saturated carbocycles. The largest absolute Gasteiger partial charge is 0.390 e. The van der Waals surface area contributed by atoms with Crippen LogP contribution in [-0.2, 0) is 0 Å². The predicted molar refractivity (Wildman–Crippen MR) is 71.6 cm³/mol. The van der Waals surface area contributed by atoms with Crippen molar-refractivity contribution in [3.63, 3.8) is 0 Å². The molecule has 1 aromatic carbocycles. The van der Waals surface area contributed by atoms with Gasteiger partial charge in [0, 0.05) is 31.4 Å². The minimum absolute atomic E-state index is 0.292. The Morgan fingerprint density at radius 2 is 2.06 bits per heavy atom. The van der Waals surface area contributed by atoms with Gasteiger partial charge in [0.1, 0.15) is 0 Å². The number of β-amino-alcohol motifs (C(OH)–C–C–N with tert-alkyl or cyclic N) is 1. The van der Waals surface area contributed by atoms with Crippen molar-refractivity contribution in [2.75, 3.05) is 24.5 Å². The van der Waals surface area contributed by atoms with Crippen molar-refractivity contribution in [3.05, 3.63) is 29.3 Å². The van der Waals surface area contributed by atoms with Gasteiger partial charge in [0.05, 0.1) is 6.10 Å². The van der Waals surface area contributed by atoms with E-state index >= 15 is 0 Å². The molecule has 2 rings (SSSR count). The average Bonchev–Trinajstić information content (AvgIpc) is 2.45. The number of anilines is 1. The van der Waals surface area contributed by atoms with Gasteiger partial charge in [-0.1, -0.05) is 12.1 Å². The summed E-state index contributed by atoms with van der Waals surface area (Å²) in [7, 11) is 0. The smallest absolute Gasteiger partial charge is 0.0839 e. The minimum atomic E-state index is -0.292. The molecule has 0 aromatic heterocycles. The fourth-order valence-electron chi connectivity index (χ4n) is 2.40. The second kappa shape index (κ2) is 5.07. The summed E-state index contributed by atoms with van der Waals surface area (Å²) in [6.07, 6.45) is -0.292. The summed E-state index contributed by atoms with van der Waals surface area (Å²) in [6, 6.07) is 6.78. The maximum atomic E-state index is 9.89. The molecule has 1 heterocycles. The third kappa shape index (κ3) is 2.79. The van der Waals surface area contributed by atoms with E-state index in [9.17, 15) is 5.11 Å². The molecule has 3 heteroatoms. The van der Waals surface area contributed by atoms with Crippen LogP contribution < -0.4 is 10.2 Å². The maximum absolute atomic E-state index is 9.89. The molecule has 2 atom stereocenters. The summed E-state index contributed by atoms with van der Waals surface area (Å²) in [5.41, 5.74) is 3.87. The third-order valence-electron chi connectivity index (χ3n) is 3.54. The topological polar surface area (TPSA) is 35.5 Å². The summed E-state index contributed by atoms with van der Waals surface area (Å²) in [5, 5.41) is 13.2. The molecule has 0 radical (unpaired) electrons. The summed E-state index contributed by atoms with van der Waals surface area (Å²) < 4.78 is 0. The zero-order chi connectivity index (χ0) is 12.4. The molecule has 1 aliphatic rings. The number of nitrogens with one attached hydrogen (secondary N) is 1. The molecule has 0 spiro atoms. The van der Waals surface area contributed by atoms with E-state index in [1.54, 1.807) is 0 Å². The van der Waals surface area contributed by atoms with E-state index in [-0.39, 0.29) is 6.10 Å². The number of rotatable bonds is 1. The summed E-state index contributed by atoms with van der Waals surface area (Å²) in [5.74, 6) is 0. The first-order valence-electron chi connectivity index (χ1n) is 6.30. The lowest BCUT2D eigenvalue weighted by atomic mass is 10.1. The van der Waals surface area contributed by atoms with E-state index < -0.39 is 0 Å². The molecule has 1 aliphatic heterocycles. The maximum Gasteiger partial charge on any atom is 0.0839 e. The van der Waals surface area contributed by atoms with Crippen molar-refractivity contribution in [3.8, 4) is 0 Å². The molecular formula is C14H22N2O. The van der Waals surface area contributed by atoms with Crippen molar-refractivity contribution in [2.24, 2.45) is 0 Å². The summed E-state index contributed by atoms with van der Waals surface area (Å²) in [6.45, 7) is 8.79. The summed E-state index contributed by atoms with van der Waals surface area (Å²) >= 11 is 0. The van der Waals surface area contributed by atoms with Gasteiger partial charge < -0.3 is 15.3 Å². The number of hydrogen-bond acceptors (Lipinski definition) is 3. The molecule has 0 aliphatic carbocycles. The normalized spacial score (nSPS) is 25.8. The molecule has 0 bridgehead atoms. The molecule has 3 nitrogen and oxygen atoms in total. The molecule has 17 heavy (non-hydrogen) atoms. The lowest BCUT2D eigenvalue weighted by molar-refractivity contribution is 0.183. The van der Waals surface area contributed by atoms with Crippen LogP contribution in [0.4, 0.5) is 5.69 Å². The standard InChI is InChI=1S/C14H22N2O/c1-10-5-4-6-14(12(10)3)16-8-11(2)15-7-13(17)9-16/h4-6,11,13,15,17H,7-9H2,1-3H3. The Hall–Kier alpha value is -1.06. The second-order valence-electron chi connectivity index (χ2n) is 5.09. The van der Waals surface area contributed by atoms with Gasteiger partial charge in [0.2, 0.25) is 0 Å². The number of hydrogen-bond donors (Lipinski definition) is 2. The van der Waals surface area contributed by atoms with Crippen LogP contribution in [0, 0.1) is 13.8 Å². The van der Waals surface area contributed by atoms with Crippen LogP contribution in [0.5, 0.6) is 0 Å². The highest BCUT2D eigenvalue weighted by Crippen LogP contribution is 2.23. The third-order valence-corrected chi connectivity index (χ3v) is 3.54. The summed E-state index contributed by atoms with van der Waals surface area (Å²) in [4.78, 5) is 2.29. The first kappa shape index (κ1) is 12.4. The molecule has 1 aromatic rings. The minimum Gasteiger partial charge on any atom is -0.390 e. The van der Waals surface area contributed by atoms with Crippen molar-refractivity contribution in [1.29, 1.82) is 0 Å². The Labute approximate surface area is 103 Å². The predicted octanol–water partition coefficient (Wildman–Crippen LogP) is 1.46. The highest BCUT2D eigenvalue weighted by atomic mass is 16.3. The lowest BCUT2D eigenvalue weighted by Crippen LogP contribution is -2.35. The van der Waals surface area contributed by atoms with Crippen LogP contribution in [0.3, 0.4) is 0 Å². The van der Waals surface area contributed by atoms with Gasteiger partial charge in [-0.15, -0.1) is 0 Å². The van der Waals surface area contributed by atoms with Crippen LogP contribution >= 0.6 is 0 Å². The molecular weight excluding hydrogens is 212 g/mol. The Bertz CT molecular complexity index is 380. The van der Waals surface area contributed by atoms with Crippen LogP contribution in [0.25, 0.3) is 0 Å². The van der Waals surface area contributed by atoms with Crippen LogP contribution in [0.1, 0.15) is 18.1 Å².